The van der Waals surface area contributed by atoms with E-state index in [1.807, 2.05) is 70.2 Å². The van der Waals surface area contributed by atoms with Crippen LogP contribution in [0.1, 0.15) is 57.7 Å². The van der Waals surface area contributed by atoms with E-state index in [4.69, 9.17) is 5.10 Å². The van der Waals surface area contributed by atoms with Crippen molar-refractivity contribution in [3.63, 3.8) is 0 Å². The lowest BCUT2D eigenvalue weighted by molar-refractivity contribution is -0.384. The van der Waals surface area contributed by atoms with Crippen molar-refractivity contribution >= 4 is 23.2 Å². The zero-order chi connectivity index (χ0) is 29.8. The number of hydrogen-bond acceptors (Lipinski definition) is 6. The van der Waals surface area contributed by atoms with E-state index in [2.05, 4.69) is 4.90 Å². The van der Waals surface area contributed by atoms with E-state index in [-0.39, 0.29) is 23.3 Å². The summed E-state index contributed by atoms with van der Waals surface area (Å²) in [5.74, 6) is 0.768. The lowest BCUT2D eigenvalue weighted by Gasteiger charge is -2.33. The molecular formula is C34H35N5O4. The van der Waals surface area contributed by atoms with E-state index in [9.17, 15) is 19.7 Å². The maximum absolute atomic E-state index is 14.2. The molecule has 2 heterocycles. The van der Waals surface area contributed by atoms with Gasteiger partial charge in [-0.3, -0.25) is 24.6 Å². The van der Waals surface area contributed by atoms with Gasteiger partial charge in [0.25, 0.3) is 11.6 Å². The van der Waals surface area contributed by atoms with Crippen molar-refractivity contribution in [2.75, 3.05) is 31.1 Å². The number of amides is 1. The fraction of sp³-hybridized carbons (Fsp3) is 0.324. The van der Waals surface area contributed by atoms with Crippen molar-refractivity contribution in [3.8, 4) is 5.69 Å². The SMILES string of the molecule is O=C(c1ccccc1)C1CCN(CCN(C(=O)c2ccc([N+](=O)[O-])cc2)c2c3c(nn2-c2ccccc2)CCCC3)CC1. The van der Waals surface area contributed by atoms with Crippen LogP contribution in [0.4, 0.5) is 11.5 Å². The number of carbonyl (C=O) groups is 2. The van der Waals surface area contributed by atoms with E-state index < -0.39 is 4.92 Å². The smallest absolute Gasteiger partial charge is 0.269 e. The first-order valence-corrected chi connectivity index (χ1v) is 15.0. The third-order valence-electron chi connectivity index (χ3n) is 8.61. The fourth-order valence-electron chi connectivity index (χ4n) is 6.25. The Morgan fingerprint density at radius 1 is 0.860 bits per heavy atom. The topological polar surface area (TPSA) is 102 Å². The molecule has 4 aromatic rings. The highest BCUT2D eigenvalue weighted by atomic mass is 16.6. The summed E-state index contributed by atoms with van der Waals surface area (Å²) in [6, 6.07) is 25.2. The average molecular weight is 578 g/mol. The van der Waals surface area contributed by atoms with Gasteiger partial charge >= 0.3 is 0 Å². The number of benzene rings is 3. The van der Waals surface area contributed by atoms with E-state index in [0.29, 0.717) is 18.7 Å². The maximum Gasteiger partial charge on any atom is 0.269 e. The Balaban J connectivity index is 1.27. The van der Waals surface area contributed by atoms with Gasteiger partial charge in [-0.2, -0.15) is 5.10 Å². The van der Waals surface area contributed by atoms with Crippen LogP contribution in [-0.4, -0.2) is 57.5 Å². The van der Waals surface area contributed by atoms with Crippen molar-refractivity contribution in [2.45, 2.75) is 38.5 Å². The van der Waals surface area contributed by atoms with Gasteiger partial charge in [0.1, 0.15) is 5.82 Å². The van der Waals surface area contributed by atoms with E-state index in [1.165, 1.54) is 24.3 Å². The molecule has 0 unspecified atom stereocenters. The molecule has 1 amide bonds. The number of aromatic nitrogens is 2. The highest BCUT2D eigenvalue weighted by Crippen LogP contribution is 2.34. The number of nitro groups is 1. The largest absolute Gasteiger partial charge is 0.302 e. The first kappa shape index (κ1) is 28.5. The fourth-order valence-corrected chi connectivity index (χ4v) is 6.25. The predicted molar refractivity (Wildman–Crippen MR) is 165 cm³/mol. The quantitative estimate of drug-likeness (QED) is 0.139. The molecule has 6 rings (SSSR count). The standard InChI is InChI=1S/C34H35N5O4/c40-32(25-9-3-1-4-10-25)26-19-21-36(22-20-26)23-24-37(34(41)27-15-17-29(18-16-27)39(42)43)33-30-13-7-8-14-31(30)35-38(33)28-11-5-2-6-12-28/h1-6,9-12,15-18,26H,7-8,13-14,19-24H2. The van der Waals surface area contributed by atoms with Gasteiger partial charge in [-0.05, 0) is 75.9 Å². The predicted octanol–water partition coefficient (Wildman–Crippen LogP) is 5.90. The lowest BCUT2D eigenvalue weighted by Crippen LogP contribution is -2.43. The number of ketones is 1. The van der Waals surface area contributed by atoms with Gasteiger partial charge in [-0.25, -0.2) is 4.68 Å². The number of piperidine rings is 1. The van der Waals surface area contributed by atoms with Gasteiger partial charge in [-0.15, -0.1) is 0 Å². The number of Topliss-reactive ketones (excluding diaryl/α,β-unsaturated/α-hetero) is 1. The highest BCUT2D eigenvalue weighted by Gasteiger charge is 2.31. The molecule has 3 aromatic carbocycles. The number of fused-ring (bicyclic) bond motifs is 1. The molecule has 0 atom stereocenters. The lowest BCUT2D eigenvalue weighted by atomic mass is 9.89. The molecule has 1 aromatic heterocycles. The summed E-state index contributed by atoms with van der Waals surface area (Å²) in [7, 11) is 0. The number of non-ortho nitro benzene ring substituents is 1. The molecule has 0 saturated carbocycles. The Morgan fingerprint density at radius 3 is 2.19 bits per heavy atom. The molecule has 1 fully saturated rings. The molecule has 43 heavy (non-hydrogen) atoms. The highest BCUT2D eigenvalue weighted by molar-refractivity contribution is 6.06. The van der Waals surface area contributed by atoms with E-state index in [0.717, 1.165) is 79.9 Å². The zero-order valence-corrected chi connectivity index (χ0v) is 24.1. The minimum atomic E-state index is -0.459. The van der Waals surface area contributed by atoms with Crippen LogP contribution < -0.4 is 4.90 Å². The van der Waals surface area contributed by atoms with Gasteiger partial charge in [0.15, 0.2) is 5.78 Å². The number of para-hydroxylation sites is 1. The molecule has 0 radical (unpaired) electrons. The average Bonchev–Trinajstić information content (AvgIpc) is 3.45. The molecular weight excluding hydrogens is 542 g/mol. The molecule has 0 spiro atoms. The summed E-state index contributed by atoms with van der Waals surface area (Å²) in [4.78, 5) is 42.2. The monoisotopic (exact) mass is 577 g/mol. The number of anilines is 1. The molecule has 1 saturated heterocycles. The second-order valence-corrected chi connectivity index (χ2v) is 11.3. The van der Waals surface area contributed by atoms with Gasteiger partial charge in [0, 0.05) is 47.8 Å². The molecule has 9 nitrogen and oxygen atoms in total. The van der Waals surface area contributed by atoms with Gasteiger partial charge in [-0.1, -0.05) is 48.5 Å². The van der Waals surface area contributed by atoms with Crippen LogP contribution in [-0.2, 0) is 12.8 Å². The van der Waals surface area contributed by atoms with Gasteiger partial charge < -0.3 is 4.90 Å². The number of likely N-dealkylation sites (tertiary alicyclic amines) is 1. The summed E-state index contributed by atoms with van der Waals surface area (Å²) < 4.78 is 1.89. The number of aryl methyl sites for hydroxylation is 1. The molecule has 220 valence electrons. The number of carbonyl (C=O) groups excluding carboxylic acids is 2. The Morgan fingerprint density at radius 2 is 1.51 bits per heavy atom. The van der Waals surface area contributed by atoms with Crippen LogP contribution in [0.15, 0.2) is 84.9 Å². The Hall–Kier alpha value is -4.63. The summed E-state index contributed by atoms with van der Waals surface area (Å²) in [6.07, 6.45) is 5.36. The van der Waals surface area contributed by atoms with Gasteiger partial charge in [0.2, 0.25) is 0 Å². The van der Waals surface area contributed by atoms with Crippen molar-refractivity contribution < 1.29 is 14.5 Å². The molecule has 1 aliphatic carbocycles. The summed E-state index contributed by atoms with van der Waals surface area (Å²) in [5.41, 5.74) is 4.10. The minimum Gasteiger partial charge on any atom is -0.302 e. The summed E-state index contributed by atoms with van der Waals surface area (Å²) in [5, 5.41) is 16.3. The zero-order valence-electron chi connectivity index (χ0n) is 24.1. The van der Waals surface area contributed by atoms with Crippen molar-refractivity contribution in [1.82, 2.24) is 14.7 Å². The Kier molecular flexibility index (Phi) is 8.42. The molecule has 1 aliphatic heterocycles. The number of rotatable bonds is 9. The Labute approximate surface area is 250 Å². The molecule has 9 heteroatoms. The summed E-state index contributed by atoms with van der Waals surface area (Å²) >= 11 is 0. The minimum absolute atomic E-state index is 0.00280. The van der Waals surface area contributed by atoms with Crippen LogP contribution in [0.25, 0.3) is 5.69 Å². The number of hydrogen-bond donors (Lipinski definition) is 0. The van der Waals surface area contributed by atoms with Crippen molar-refractivity contribution in [3.05, 3.63) is 117 Å². The van der Waals surface area contributed by atoms with Crippen molar-refractivity contribution in [2.24, 2.45) is 5.92 Å². The molecule has 0 N–H and O–H groups in total. The first-order chi connectivity index (χ1) is 21.0. The molecule has 2 aliphatic rings. The normalized spacial score (nSPS) is 15.5. The van der Waals surface area contributed by atoms with Crippen LogP contribution in [0, 0.1) is 16.0 Å². The third-order valence-corrected chi connectivity index (χ3v) is 8.61. The van der Waals surface area contributed by atoms with E-state index >= 15 is 0 Å². The molecule has 0 bridgehead atoms. The van der Waals surface area contributed by atoms with Crippen molar-refractivity contribution in [1.29, 1.82) is 0 Å². The number of nitrogens with zero attached hydrogens (tertiary/aromatic N) is 5. The first-order valence-electron chi connectivity index (χ1n) is 15.0. The Bertz CT molecular complexity index is 1590. The second-order valence-electron chi connectivity index (χ2n) is 11.3. The maximum atomic E-state index is 14.2. The van der Waals surface area contributed by atoms with E-state index in [1.54, 1.807) is 0 Å². The van der Waals surface area contributed by atoms with Crippen LogP contribution in [0.5, 0.6) is 0 Å². The van der Waals surface area contributed by atoms with Crippen LogP contribution >= 0.6 is 0 Å². The second kappa shape index (κ2) is 12.7. The summed E-state index contributed by atoms with van der Waals surface area (Å²) in [6.45, 7) is 2.62. The van der Waals surface area contributed by atoms with Crippen LogP contribution in [0.2, 0.25) is 0 Å². The van der Waals surface area contributed by atoms with Crippen LogP contribution in [0.3, 0.4) is 0 Å². The van der Waals surface area contributed by atoms with Gasteiger partial charge in [0.05, 0.1) is 16.3 Å². The third kappa shape index (κ3) is 6.12. The number of nitro benzene ring substituents is 1.